The second kappa shape index (κ2) is 10.1. The zero-order valence-corrected chi connectivity index (χ0v) is 18.9. The van der Waals surface area contributed by atoms with Crippen LogP contribution < -0.4 is 10.6 Å². The molecular formula is C24H20N4O2S2. The molecule has 2 heterocycles. The Balaban J connectivity index is 1.32. The highest BCUT2D eigenvalue weighted by atomic mass is 32.1. The molecular weight excluding hydrogens is 440 g/mol. The number of rotatable bonds is 7. The van der Waals surface area contributed by atoms with E-state index in [1.807, 2.05) is 66.9 Å². The van der Waals surface area contributed by atoms with E-state index in [9.17, 15) is 9.59 Å². The number of carbonyl (C=O) groups is 2. The van der Waals surface area contributed by atoms with Crippen LogP contribution in [0.5, 0.6) is 0 Å². The highest BCUT2D eigenvalue weighted by Crippen LogP contribution is 2.24. The largest absolute Gasteiger partial charge is 0.326 e. The first-order valence-corrected chi connectivity index (χ1v) is 11.6. The van der Waals surface area contributed by atoms with Gasteiger partial charge in [0.05, 0.1) is 22.8 Å². The van der Waals surface area contributed by atoms with E-state index in [2.05, 4.69) is 20.6 Å². The fraction of sp³-hybridized carbons (Fsp3) is 0.0833. The molecule has 2 amide bonds. The van der Waals surface area contributed by atoms with Crippen molar-refractivity contribution in [2.24, 2.45) is 0 Å². The number of anilines is 2. The van der Waals surface area contributed by atoms with Crippen molar-refractivity contribution >= 4 is 51.4 Å². The summed E-state index contributed by atoms with van der Waals surface area (Å²) in [6.07, 6.45) is 3.31. The normalized spacial score (nSPS) is 10.9. The first kappa shape index (κ1) is 21.6. The van der Waals surface area contributed by atoms with Gasteiger partial charge in [-0.3, -0.25) is 14.9 Å². The van der Waals surface area contributed by atoms with Crippen LogP contribution in [0.25, 0.3) is 17.3 Å². The van der Waals surface area contributed by atoms with Gasteiger partial charge in [-0.15, -0.1) is 22.7 Å². The van der Waals surface area contributed by atoms with Crippen LogP contribution in [0.15, 0.2) is 71.4 Å². The smallest absolute Gasteiger partial charge is 0.250 e. The zero-order valence-electron chi connectivity index (χ0n) is 17.2. The van der Waals surface area contributed by atoms with Crippen molar-refractivity contribution in [3.05, 3.63) is 87.7 Å². The maximum Gasteiger partial charge on any atom is 0.250 e. The number of amides is 2. The third-order valence-corrected chi connectivity index (χ3v) is 5.99. The molecule has 0 aliphatic rings. The summed E-state index contributed by atoms with van der Waals surface area (Å²) in [5, 5.41) is 10.8. The number of carbonyl (C=O) groups excluding carboxylic acids is 2. The molecule has 0 radical (unpaired) electrons. The van der Waals surface area contributed by atoms with Gasteiger partial charge in [0.25, 0.3) is 0 Å². The topological polar surface area (TPSA) is 84.0 Å². The number of hydrogen-bond acceptors (Lipinski definition) is 6. The van der Waals surface area contributed by atoms with Crippen molar-refractivity contribution in [2.45, 2.75) is 13.3 Å². The van der Waals surface area contributed by atoms with Crippen LogP contribution >= 0.6 is 22.7 Å². The average Bonchev–Trinajstić information content (AvgIpc) is 3.42. The van der Waals surface area contributed by atoms with Gasteiger partial charge in [-0.1, -0.05) is 42.5 Å². The molecule has 0 atom stereocenters. The third-order valence-electron chi connectivity index (χ3n) is 4.41. The lowest BCUT2D eigenvalue weighted by Crippen LogP contribution is -2.15. The molecule has 2 aromatic heterocycles. The van der Waals surface area contributed by atoms with Gasteiger partial charge in [-0.05, 0) is 30.7 Å². The number of aryl methyl sites for hydroxylation is 1. The minimum absolute atomic E-state index is 0.117. The van der Waals surface area contributed by atoms with Gasteiger partial charge >= 0.3 is 0 Å². The van der Waals surface area contributed by atoms with Gasteiger partial charge in [0.2, 0.25) is 11.8 Å². The summed E-state index contributed by atoms with van der Waals surface area (Å²) in [5.74, 6) is -0.447. The van der Waals surface area contributed by atoms with Crippen LogP contribution in [0.2, 0.25) is 0 Å². The van der Waals surface area contributed by atoms with Crippen LogP contribution in [0.3, 0.4) is 0 Å². The minimum atomic E-state index is -0.270. The van der Waals surface area contributed by atoms with Crippen molar-refractivity contribution in [3.63, 3.8) is 0 Å². The molecule has 4 aromatic rings. The van der Waals surface area contributed by atoms with E-state index in [4.69, 9.17) is 0 Å². The number of hydrogen-bond donors (Lipinski definition) is 2. The molecule has 0 saturated carbocycles. The second-order valence-corrected chi connectivity index (χ2v) is 8.86. The van der Waals surface area contributed by atoms with Gasteiger partial charge in [0.15, 0.2) is 5.13 Å². The summed E-state index contributed by atoms with van der Waals surface area (Å²) >= 11 is 2.88. The lowest BCUT2D eigenvalue weighted by molar-refractivity contribution is -0.115. The standard InChI is InChI=1S/C24H20N4O2S2/c1-16-25-21(15-31-16)18-8-5-9-19(12-18)26-23(30)13-20-14-32-24(27-20)28-22(29)11-10-17-6-3-2-4-7-17/h2-12,14-15H,13H2,1H3,(H,26,30)(H,27,28,29)/b11-10+. The SMILES string of the molecule is Cc1nc(-c2cccc(NC(=O)Cc3csc(NC(=O)/C=C/c4ccccc4)n3)c2)cs1. The molecule has 0 saturated heterocycles. The van der Waals surface area contributed by atoms with Crippen molar-refractivity contribution in [2.75, 3.05) is 10.6 Å². The molecule has 6 nitrogen and oxygen atoms in total. The van der Waals surface area contributed by atoms with E-state index in [0.29, 0.717) is 16.5 Å². The van der Waals surface area contributed by atoms with Crippen LogP contribution in [0.1, 0.15) is 16.3 Å². The van der Waals surface area contributed by atoms with E-state index in [1.165, 1.54) is 17.4 Å². The summed E-state index contributed by atoms with van der Waals surface area (Å²) in [7, 11) is 0. The molecule has 8 heteroatoms. The van der Waals surface area contributed by atoms with Gasteiger partial charge < -0.3 is 5.32 Å². The van der Waals surface area contributed by atoms with Crippen molar-refractivity contribution in [3.8, 4) is 11.3 Å². The van der Waals surface area contributed by atoms with Gasteiger partial charge in [0, 0.05) is 28.1 Å². The highest BCUT2D eigenvalue weighted by Gasteiger charge is 2.10. The van der Waals surface area contributed by atoms with Gasteiger partial charge in [0.1, 0.15) is 0 Å². The summed E-state index contributed by atoms with van der Waals surface area (Å²) < 4.78 is 0. The molecule has 2 N–H and O–H groups in total. The van der Waals surface area contributed by atoms with Crippen LogP contribution in [0.4, 0.5) is 10.8 Å². The molecule has 0 aliphatic heterocycles. The van der Waals surface area contributed by atoms with Gasteiger partial charge in [-0.2, -0.15) is 0 Å². The second-order valence-electron chi connectivity index (χ2n) is 6.93. The van der Waals surface area contributed by atoms with E-state index in [1.54, 1.807) is 22.8 Å². The Morgan fingerprint density at radius 3 is 2.59 bits per heavy atom. The number of nitrogens with one attached hydrogen (secondary N) is 2. The monoisotopic (exact) mass is 460 g/mol. The Morgan fingerprint density at radius 2 is 1.81 bits per heavy atom. The van der Waals surface area contributed by atoms with Crippen molar-refractivity contribution in [1.82, 2.24) is 9.97 Å². The van der Waals surface area contributed by atoms with Crippen LogP contribution in [0, 0.1) is 6.92 Å². The summed E-state index contributed by atoms with van der Waals surface area (Å²) in [6.45, 7) is 1.96. The van der Waals surface area contributed by atoms with Crippen LogP contribution in [-0.2, 0) is 16.0 Å². The Kier molecular flexibility index (Phi) is 6.84. The Labute approximate surface area is 193 Å². The number of benzene rings is 2. The van der Waals surface area contributed by atoms with E-state index < -0.39 is 0 Å². The number of aromatic nitrogens is 2. The molecule has 4 rings (SSSR count). The predicted molar refractivity (Wildman–Crippen MR) is 131 cm³/mol. The van der Waals surface area contributed by atoms with E-state index in [-0.39, 0.29) is 18.2 Å². The van der Waals surface area contributed by atoms with Gasteiger partial charge in [-0.25, -0.2) is 9.97 Å². The fourth-order valence-electron chi connectivity index (χ4n) is 2.95. The lowest BCUT2D eigenvalue weighted by atomic mass is 10.1. The molecule has 0 spiro atoms. The first-order valence-electron chi connectivity index (χ1n) is 9.86. The predicted octanol–water partition coefficient (Wildman–Crippen LogP) is 5.41. The molecule has 0 bridgehead atoms. The Hall–Kier alpha value is -3.62. The Morgan fingerprint density at radius 1 is 0.969 bits per heavy atom. The third kappa shape index (κ3) is 5.96. The summed E-state index contributed by atoms with van der Waals surface area (Å²) in [6, 6.07) is 17.2. The number of thiazole rings is 2. The summed E-state index contributed by atoms with van der Waals surface area (Å²) in [5.41, 5.74) is 4.08. The maximum absolute atomic E-state index is 12.5. The van der Waals surface area contributed by atoms with Crippen molar-refractivity contribution < 1.29 is 9.59 Å². The summed E-state index contributed by atoms with van der Waals surface area (Å²) in [4.78, 5) is 33.4. The van der Waals surface area contributed by atoms with E-state index >= 15 is 0 Å². The quantitative estimate of drug-likeness (QED) is 0.361. The zero-order chi connectivity index (χ0) is 22.3. The van der Waals surface area contributed by atoms with Crippen LogP contribution in [-0.4, -0.2) is 21.8 Å². The maximum atomic E-state index is 12.5. The fourth-order valence-corrected chi connectivity index (χ4v) is 4.29. The molecule has 0 aliphatic carbocycles. The molecule has 160 valence electrons. The van der Waals surface area contributed by atoms with Crippen molar-refractivity contribution in [1.29, 1.82) is 0 Å². The molecule has 2 aromatic carbocycles. The highest BCUT2D eigenvalue weighted by molar-refractivity contribution is 7.14. The molecule has 32 heavy (non-hydrogen) atoms. The molecule has 0 unspecified atom stereocenters. The minimum Gasteiger partial charge on any atom is -0.326 e. The number of nitrogens with zero attached hydrogens (tertiary/aromatic N) is 2. The average molecular weight is 461 g/mol. The molecule has 0 fully saturated rings. The Bertz CT molecular complexity index is 1260. The van der Waals surface area contributed by atoms with E-state index in [0.717, 1.165) is 21.8 Å². The first-order chi connectivity index (χ1) is 15.5. The lowest BCUT2D eigenvalue weighted by Gasteiger charge is -2.06.